The molecular formula is C72H140O17P2. The van der Waals surface area contributed by atoms with Crippen LogP contribution in [0.5, 0.6) is 0 Å². The number of carbonyl (C=O) groups excluding carboxylic acids is 4. The maximum absolute atomic E-state index is 13.0. The van der Waals surface area contributed by atoms with Crippen LogP contribution in [0.1, 0.15) is 357 Å². The minimum atomic E-state index is -4.95. The fourth-order valence-corrected chi connectivity index (χ4v) is 12.4. The van der Waals surface area contributed by atoms with Gasteiger partial charge in [-0.2, -0.15) is 0 Å². The second-order valence-corrected chi connectivity index (χ2v) is 30.3. The smallest absolute Gasteiger partial charge is 0.462 e. The van der Waals surface area contributed by atoms with Crippen molar-refractivity contribution >= 4 is 39.5 Å². The number of hydrogen-bond acceptors (Lipinski definition) is 15. The molecule has 0 fully saturated rings. The monoisotopic (exact) mass is 1340 g/mol. The Labute approximate surface area is 556 Å². The lowest BCUT2D eigenvalue weighted by Crippen LogP contribution is -2.30. The maximum Gasteiger partial charge on any atom is 0.472 e. The van der Waals surface area contributed by atoms with E-state index in [2.05, 4.69) is 55.4 Å². The van der Waals surface area contributed by atoms with Crippen molar-refractivity contribution in [2.75, 3.05) is 39.6 Å². The summed E-state index contributed by atoms with van der Waals surface area (Å²) in [5.74, 6) is 0.842. The molecule has 0 rings (SSSR count). The number of aliphatic hydroxyl groups is 1. The molecule has 7 atom stereocenters. The van der Waals surface area contributed by atoms with Gasteiger partial charge in [-0.3, -0.25) is 37.3 Å². The van der Waals surface area contributed by atoms with Crippen molar-refractivity contribution in [1.82, 2.24) is 0 Å². The molecule has 17 nitrogen and oxygen atoms in total. The molecular weight excluding hydrogens is 1200 g/mol. The SMILES string of the molecule is CCC(C)CCCCCCCCCCCCCCCCCCCCC(=O)O[C@H](COC(=O)CCCCCCCCC(C)C)COP(=O)(O)OC[C@H](O)COP(=O)(O)OC[C@@H](COC(=O)CCCCCCCCCC(C)C)OC(=O)CCCCCCCCC(C)CC. The largest absolute Gasteiger partial charge is 0.472 e. The van der Waals surface area contributed by atoms with Crippen LogP contribution in [-0.4, -0.2) is 96.7 Å². The Morgan fingerprint density at radius 3 is 0.780 bits per heavy atom. The van der Waals surface area contributed by atoms with Crippen LogP contribution in [0.4, 0.5) is 0 Å². The minimum absolute atomic E-state index is 0.102. The van der Waals surface area contributed by atoms with Crippen molar-refractivity contribution in [3.63, 3.8) is 0 Å². The van der Waals surface area contributed by atoms with Crippen LogP contribution in [-0.2, 0) is 65.4 Å². The molecule has 0 aromatic rings. The standard InChI is InChI=1S/C72H140O17P2/c1-9-64(7)50-42-34-25-21-19-17-15-13-11-12-14-16-18-20-22-26-38-46-54-71(76)88-67(59-83-70(75)53-45-37-30-28-33-41-49-63(5)6)60-86-90(78,79)84-56-66(73)57-85-91(80,81)87-61-68(89-72(77)55-47-39-31-29-35-43-51-65(8)10-2)58-82-69(74)52-44-36-27-23-24-32-40-48-62(3)4/h62-68,73H,9-61H2,1-8H3,(H,78,79)(H,80,81)/t64?,65?,66-,67+,68+/m0/s1. The van der Waals surface area contributed by atoms with Gasteiger partial charge in [0.15, 0.2) is 12.2 Å². The van der Waals surface area contributed by atoms with Crippen LogP contribution in [0, 0.1) is 23.7 Å². The molecule has 0 saturated heterocycles. The fourth-order valence-electron chi connectivity index (χ4n) is 10.8. The first-order chi connectivity index (χ1) is 43.7. The molecule has 91 heavy (non-hydrogen) atoms. The van der Waals surface area contributed by atoms with Crippen molar-refractivity contribution in [3.05, 3.63) is 0 Å². The van der Waals surface area contributed by atoms with Gasteiger partial charge in [-0.15, -0.1) is 0 Å². The van der Waals surface area contributed by atoms with Crippen LogP contribution in [0.3, 0.4) is 0 Å². The molecule has 540 valence electrons. The van der Waals surface area contributed by atoms with Crippen LogP contribution in [0.15, 0.2) is 0 Å². The molecule has 0 aliphatic carbocycles. The minimum Gasteiger partial charge on any atom is -0.462 e. The lowest BCUT2D eigenvalue weighted by molar-refractivity contribution is -0.161. The van der Waals surface area contributed by atoms with Crippen molar-refractivity contribution in [1.29, 1.82) is 0 Å². The zero-order chi connectivity index (χ0) is 67.5. The van der Waals surface area contributed by atoms with Crippen LogP contribution >= 0.6 is 15.6 Å². The number of phosphoric ester groups is 2. The fraction of sp³-hybridized carbons (Fsp3) is 0.944. The summed E-state index contributed by atoms with van der Waals surface area (Å²) in [4.78, 5) is 72.5. The Morgan fingerprint density at radius 1 is 0.308 bits per heavy atom. The highest BCUT2D eigenvalue weighted by Gasteiger charge is 2.30. The van der Waals surface area contributed by atoms with Gasteiger partial charge in [-0.1, -0.05) is 306 Å². The highest BCUT2D eigenvalue weighted by atomic mass is 31.2. The van der Waals surface area contributed by atoms with Crippen molar-refractivity contribution in [2.45, 2.75) is 375 Å². The van der Waals surface area contributed by atoms with Gasteiger partial charge in [0, 0.05) is 25.7 Å². The van der Waals surface area contributed by atoms with Crippen LogP contribution < -0.4 is 0 Å². The zero-order valence-corrected chi connectivity index (χ0v) is 61.3. The highest BCUT2D eigenvalue weighted by Crippen LogP contribution is 2.45. The third-order valence-corrected chi connectivity index (χ3v) is 19.2. The molecule has 0 aromatic carbocycles. The topological polar surface area (TPSA) is 237 Å². The van der Waals surface area contributed by atoms with Gasteiger partial charge in [0.1, 0.15) is 19.3 Å². The number of carbonyl (C=O) groups is 4. The lowest BCUT2D eigenvalue weighted by Gasteiger charge is -2.21. The van der Waals surface area contributed by atoms with Gasteiger partial charge in [-0.25, -0.2) is 9.13 Å². The van der Waals surface area contributed by atoms with E-state index in [4.69, 9.17) is 37.0 Å². The number of unbranched alkanes of at least 4 members (excludes halogenated alkanes) is 33. The van der Waals surface area contributed by atoms with Crippen molar-refractivity contribution in [2.24, 2.45) is 23.7 Å². The maximum atomic E-state index is 13.0. The number of hydrogen-bond donors (Lipinski definition) is 3. The van der Waals surface area contributed by atoms with E-state index in [0.717, 1.165) is 115 Å². The molecule has 0 heterocycles. The van der Waals surface area contributed by atoms with Gasteiger partial charge in [-0.05, 0) is 49.4 Å². The van der Waals surface area contributed by atoms with Crippen molar-refractivity contribution < 1.29 is 80.2 Å². The molecule has 4 unspecified atom stereocenters. The van der Waals surface area contributed by atoms with Crippen molar-refractivity contribution in [3.8, 4) is 0 Å². The summed E-state index contributed by atoms with van der Waals surface area (Å²) in [6.07, 6.45) is 44.9. The first-order valence-corrected chi connectivity index (χ1v) is 40.3. The van der Waals surface area contributed by atoms with Crippen LogP contribution in [0.2, 0.25) is 0 Å². The molecule has 0 aromatic heterocycles. The summed E-state index contributed by atoms with van der Waals surface area (Å²) < 4.78 is 68.2. The van der Waals surface area contributed by atoms with E-state index in [9.17, 15) is 43.2 Å². The third kappa shape index (κ3) is 63.9. The van der Waals surface area contributed by atoms with Gasteiger partial charge >= 0.3 is 39.5 Å². The Morgan fingerprint density at radius 2 is 0.527 bits per heavy atom. The normalized spacial score (nSPS) is 14.8. The Balaban J connectivity index is 5.13. The van der Waals surface area contributed by atoms with E-state index >= 15 is 0 Å². The molecule has 0 bridgehead atoms. The van der Waals surface area contributed by atoms with E-state index in [1.807, 2.05) is 0 Å². The number of aliphatic hydroxyl groups excluding tert-OH is 1. The van der Waals surface area contributed by atoms with E-state index < -0.39 is 97.5 Å². The average molecular weight is 1340 g/mol. The average Bonchev–Trinajstić information content (AvgIpc) is 3.58. The van der Waals surface area contributed by atoms with Gasteiger partial charge in [0.2, 0.25) is 0 Å². The molecule has 0 saturated carbocycles. The Hall–Kier alpha value is -1.94. The summed E-state index contributed by atoms with van der Waals surface area (Å²) in [5, 5.41) is 10.6. The number of rotatable bonds is 69. The summed E-state index contributed by atoms with van der Waals surface area (Å²) in [5.41, 5.74) is 0. The third-order valence-electron chi connectivity index (χ3n) is 17.3. The van der Waals surface area contributed by atoms with Gasteiger partial charge in [0.05, 0.1) is 26.4 Å². The predicted octanol–water partition coefficient (Wildman–Crippen LogP) is 20.5. The number of ether oxygens (including phenoxy) is 4. The van der Waals surface area contributed by atoms with Gasteiger partial charge < -0.3 is 33.8 Å². The van der Waals surface area contributed by atoms with E-state index in [1.54, 1.807) is 0 Å². The lowest BCUT2D eigenvalue weighted by atomic mass is 9.99. The first-order valence-electron chi connectivity index (χ1n) is 37.3. The number of phosphoric acid groups is 2. The molecule has 0 aliphatic heterocycles. The molecule has 0 amide bonds. The Bertz CT molecular complexity index is 1800. The van der Waals surface area contributed by atoms with Crippen LogP contribution in [0.25, 0.3) is 0 Å². The quantitative estimate of drug-likeness (QED) is 0.0222. The predicted molar refractivity (Wildman–Crippen MR) is 367 cm³/mol. The summed E-state index contributed by atoms with van der Waals surface area (Å²) in [6, 6.07) is 0. The van der Waals surface area contributed by atoms with E-state index in [-0.39, 0.29) is 25.7 Å². The summed E-state index contributed by atoms with van der Waals surface area (Å²) in [7, 11) is -9.90. The second kappa shape index (κ2) is 61.6. The summed E-state index contributed by atoms with van der Waals surface area (Å²) >= 11 is 0. The molecule has 0 aliphatic rings. The highest BCUT2D eigenvalue weighted by molar-refractivity contribution is 7.47. The molecule has 3 N–H and O–H groups in total. The first kappa shape index (κ1) is 89.1. The van der Waals surface area contributed by atoms with E-state index in [1.165, 1.54) is 148 Å². The molecule has 0 radical (unpaired) electrons. The molecule has 0 spiro atoms. The van der Waals surface area contributed by atoms with E-state index in [0.29, 0.717) is 37.5 Å². The van der Waals surface area contributed by atoms with Gasteiger partial charge in [0.25, 0.3) is 0 Å². The zero-order valence-electron chi connectivity index (χ0n) is 59.5. The molecule has 19 heteroatoms. The summed E-state index contributed by atoms with van der Waals surface area (Å²) in [6.45, 7) is 14.0. The second-order valence-electron chi connectivity index (χ2n) is 27.4. The number of esters is 4. The Kier molecular flexibility index (Phi) is 60.3.